The molecule has 0 bridgehead atoms. The smallest absolute Gasteiger partial charge is 0.272 e. The first-order valence-electron chi connectivity index (χ1n) is 13.3. The minimum Gasteiger partial charge on any atom is -0.389 e. The van der Waals surface area contributed by atoms with Crippen LogP contribution in [0.2, 0.25) is 0 Å². The Morgan fingerprint density at radius 1 is 1.18 bits per heavy atom. The van der Waals surface area contributed by atoms with Crippen LogP contribution >= 0.6 is 0 Å². The van der Waals surface area contributed by atoms with E-state index in [2.05, 4.69) is 57.6 Å². The van der Waals surface area contributed by atoms with Crippen molar-refractivity contribution < 1.29 is 5.11 Å². The molecule has 3 rings (SSSR count). The lowest BCUT2D eigenvalue weighted by Crippen LogP contribution is -2.44. The second-order valence-corrected chi connectivity index (χ2v) is 10.3. The van der Waals surface area contributed by atoms with Crippen LogP contribution in [0.1, 0.15) is 32.8 Å². The maximum absolute atomic E-state index is 13.2. The van der Waals surface area contributed by atoms with E-state index in [1.807, 2.05) is 31.2 Å². The zero-order chi connectivity index (χ0) is 28.6. The average Bonchev–Trinajstić information content (AvgIpc) is 3.13. The molecule has 1 aliphatic heterocycles. The van der Waals surface area contributed by atoms with Crippen molar-refractivity contribution in [2.75, 3.05) is 50.0 Å². The van der Waals surface area contributed by atoms with Gasteiger partial charge in [0.15, 0.2) is 5.82 Å². The molecule has 0 aliphatic carbocycles. The number of benzene rings is 1. The number of aliphatic imine (C=N–C) groups is 3. The first kappa shape index (κ1) is 29.8. The molecule has 2 heterocycles. The SMILES string of the molecule is C=CCn1c(=O)c(C)c(/N=C(\N=C)Nc2ccc(N3CCN(C)CC3)cc2)n1C(/C=C\CC)=NCC(C)(C)O. The second-order valence-electron chi connectivity index (χ2n) is 10.3. The highest BCUT2D eigenvalue weighted by molar-refractivity contribution is 6.00. The fraction of sp³-hybridized carbons (Fsp3) is 0.448. The molecule has 2 N–H and O–H groups in total. The molecule has 1 aromatic carbocycles. The van der Waals surface area contributed by atoms with Gasteiger partial charge in [-0.05, 0) is 71.3 Å². The summed E-state index contributed by atoms with van der Waals surface area (Å²) in [7, 11) is 2.14. The van der Waals surface area contributed by atoms with Gasteiger partial charge in [-0.3, -0.25) is 9.79 Å². The van der Waals surface area contributed by atoms with E-state index in [9.17, 15) is 9.90 Å². The quantitative estimate of drug-likeness (QED) is 0.290. The highest BCUT2D eigenvalue weighted by Crippen LogP contribution is 2.22. The third kappa shape index (κ3) is 7.87. The van der Waals surface area contributed by atoms with Crippen LogP contribution in [0.15, 0.2) is 68.8 Å². The van der Waals surface area contributed by atoms with Crippen molar-refractivity contribution in [2.45, 2.75) is 46.3 Å². The summed E-state index contributed by atoms with van der Waals surface area (Å²) in [6.07, 6.45) is 6.20. The van der Waals surface area contributed by atoms with Gasteiger partial charge < -0.3 is 20.2 Å². The highest BCUT2D eigenvalue weighted by atomic mass is 16.3. The summed E-state index contributed by atoms with van der Waals surface area (Å²) in [4.78, 5) is 31.4. The second kappa shape index (κ2) is 13.3. The van der Waals surface area contributed by atoms with E-state index in [1.165, 1.54) is 10.4 Å². The van der Waals surface area contributed by atoms with Gasteiger partial charge in [-0.1, -0.05) is 19.1 Å². The summed E-state index contributed by atoms with van der Waals surface area (Å²) >= 11 is 0. The number of rotatable bonds is 9. The van der Waals surface area contributed by atoms with Crippen molar-refractivity contribution in [1.29, 1.82) is 0 Å². The summed E-state index contributed by atoms with van der Waals surface area (Å²) in [5.41, 5.74) is 1.17. The molecule has 39 heavy (non-hydrogen) atoms. The van der Waals surface area contributed by atoms with Gasteiger partial charge in [0, 0.05) is 37.6 Å². The monoisotopic (exact) mass is 534 g/mol. The lowest BCUT2D eigenvalue weighted by Gasteiger charge is -2.34. The first-order chi connectivity index (χ1) is 18.6. The minimum absolute atomic E-state index is 0.142. The Bertz CT molecular complexity index is 1280. The molecule has 1 saturated heterocycles. The lowest BCUT2D eigenvalue weighted by molar-refractivity contribution is 0.0903. The van der Waals surface area contributed by atoms with Gasteiger partial charge in [-0.2, -0.15) is 4.99 Å². The van der Waals surface area contributed by atoms with Crippen molar-refractivity contribution in [1.82, 2.24) is 14.3 Å². The summed E-state index contributed by atoms with van der Waals surface area (Å²) in [6.45, 7) is 19.1. The van der Waals surface area contributed by atoms with Gasteiger partial charge in [0.25, 0.3) is 5.56 Å². The number of anilines is 2. The Hall–Kier alpha value is -3.76. The molecule has 0 unspecified atom stereocenters. The van der Waals surface area contributed by atoms with Crippen LogP contribution in [0.5, 0.6) is 0 Å². The Balaban J connectivity index is 2.01. The number of guanidine groups is 1. The standard InChI is InChI=1S/C29H42N8O2/c1-8-10-11-25(31-21-29(4,5)39)37-26(22(3)27(38)36(37)16-9-2)33-28(30-6)32-23-12-14-24(15-13-23)35-19-17-34(7)18-20-35/h9-15,39H,2,6,8,16-21H2,1,3-5,7H3,(H,32,33)/b11-10-,31-25?. The van der Waals surface area contributed by atoms with E-state index >= 15 is 0 Å². The van der Waals surface area contributed by atoms with Crippen LogP contribution in [0, 0.1) is 6.92 Å². The number of hydrogen-bond donors (Lipinski definition) is 2. The molecule has 0 saturated carbocycles. The molecule has 2 aromatic rings. The highest BCUT2D eigenvalue weighted by Gasteiger charge is 2.21. The normalized spacial score (nSPS) is 15.7. The molecule has 1 fully saturated rings. The molecule has 0 amide bonds. The van der Waals surface area contributed by atoms with Crippen molar-refractivity contribution in [3.8, 4) is 0 Å². The predicted octanol–water partition coefficient (Wildman–Crippen LogP) is 3.68. The minimum atomic E-state index is -1.02. The van der Waals surface area contributed by atoms with Crippen LogP contribution in [0.3, 0.4) is 0 Å². The van der Waals surface area contributed by atoms with Gasteiger partial charge in [-0.25, -0.2) is 14.4 Å². The fourth-order valence-corrected chi connectivity index (χ4v) is 4.14. The molecule has 210 valence electrons. The zero-order valence-corrected chi connectivity index (χ0v) is 23.9. The number of hydrogen-bond acceptors (Lipinski definition) is 6. The van der Waals surface area contributed by atoms with Gasteiger partial charge in [0.2, 0.25) is 5.96 Å². The van der Waals surface area contributed by atoms with E-state index in [1.54, 1.807) is 31.5 Å². The number of aromatic nitrogens is 2. The molecule has 0 radical (unpaired) electrons. The van der Waals surface area contributed by atoms with E-state index in [0.29, 0.717) is 17.2 Å². The third-order valence-electron chi connectivity index (χ3n) is 6.34. The van der Waals surface area contributed by atoms with Gasteiger partial charge in [0.1, 0.15) is 5.84 Å². The molecule has 10 nitrogen and oxygen atoms in total. The van der Waals surface area contributed by atoms with E-state index < -0.39 is 5.60 Å². The molecule has 1 aromatic heterocycles. The number of allylic oxidation sites excluding steroid dienone is 3. The topological polar surface area (TPSA) is 103 Å². The molecule has 1 aliphatic rings. The lowest BCUT2D eigenvalue weighted by atomic mass is 10.1. The first-order valence-corrected chi connectivity index (χ1v) is 13.3. The van der Waals surface area contributed by atoms with E-state index in [0.717, 1.165) is 38.3 Å². The predicted molar refractivity (Wildman–Crippen MR) is 163 cm³/mol. The van der Waals surface area contributed by atoms with E-state index in [4.69, 9.17) is 4.99 Å². The zero-order valence-electron chi connectivity index (χ0n) is 23.9. The van der Waals surface area contributed by atoms with Crippen LogP contribution in [-0.4, -0.2) is 83.3 Å². The Morgan fingerprint density at radius 2 is 1.85 bits per heavy atom. The fourth-order valence-electron chi connectivity index (χ4n) is 4.14. The molecule has 10 heteroatoms. The summed E-state index contributed by atoms with van der Waals surface area (Å²) in [6, 6.07) is 8.12. The van der Waals surface area contributed by atoms with Gasteiger partial charge in [-0.15, -0.1) is 6.58 Å². The van der Waals surface area contributed by atoms with Crippen LogP contribution in [0.4, 0.5) is 17.2 Å². The van der Waals surface area contributed by atoms with Gasteiger partial charge >= 0.3 is 0 Å². The van der Waals surface area contributed by atoms with Gasteiger partial charge in [0.05, 0.1) is 24.3 Å². The van der Waals surface area contributed by atoms with E-state index in [-0.39, 0.29) is 24.6 Å². The number of likely N-dealkylation sites (N-methyl/N-ethyl adjacent to an activating group) is 1. The van der Waals surface area contributed by atoms with Crippen LogP contribution < -0.4 is 15.8 Å². The largest absolute Gasteiger partial charge is 0.389 e. The number of piperazine rings is 1. The summed E-state index contributed by atoms with van der Waals surface area (Å²) < 4.78 is 3.18. The van der Waals surface area contributed by atoms with Crippen molar-refractivity contribution in [3.63, 3.8) is 0 Å². The average molecular weight is 535 g/mol. The maximum atomic E-state index is 13.2. The molecule has 0 spiro atoms. The summed E-state index contributed by atoms with van der Waals surface area (Å²) in [5, 5.41) is 13.5. The van der Waals surface area contributed by atoms with Crippen molar-refractivity contribution in [3.05, 3.63) is 65.0 Å². The van der Waals surface area contributed by atoms with Crippen molar-refractivity contribution in [2.24, 2.45) is 15.0 Å². The Kier molecular flexibility index (Phi) is 10.2. The molecule has 0 atom stereocenters. The maximum Gasteiger partial charge on any atom is 0.272 e. The summed E-state index contributed by atoms with van der Waals surface area (Å²) in [5.74, 6) is 1.10. The number of nitrogens with one attached hydrogen (secondary N) is 1. The molecular weight excluding hydrogens is 492 g/mol. The Labute approximate surface area is 231 Å². The van der Waals surface area contributed by atoms with Crippen molar-refractivity contribution >= 4 is 35.7 Å². The molecular formula is C29H42N8O2. The Morgan fingerprint density at radius 3 is 2.41 bits per heavy atom. The number of nitrogens with zero attached hydrogens (tertiary/aromatic N) is 7. The third-order valence-corrected chi connectivity index (χ3v) is 6.34. The van der Waals surface area contributed by atoms with Crippen LogP contribution in [-0.2, 0) is 6.54 Å². The number of aliphatic hydroxyl groups is 1. The van der Waals surface area contributed by atoms with Crippen LogP contribution in [0.25, 0.3) is 0 Å².